The Morgan fingerprint density at radius 3 is 2.89 bits per heavy atom. The van der Waals surface area contributed by atoms with Gasteiger partial charge in [-0.25, -0.2) is 10.4 Å². The van der Waals surface area contributed by atoms with Crippen molar-refractivity contribution in [3.63, 3.8) is 0 Å². The molecule has 0 spiro atoms. The minimum absolute atomic E-state index is 0.153. The van der Waals surface area contributed by atoms with E-state index in [-0.39, 0.29) is 12.1 Å². The fourth-order valence-electron chi connectivity index (χ4n) is 4.14. The molecule has 1 amide bonds. The average Bonchev–Trinajstić information content (AvgIpc) is 3.25. The molecule has 4 aromatic rings. The van der Waals surface area contributed by atoms with Crippen LogP contribution in [0.1, 0.15) is 34.4 Å². The van der Waals surface area contributed by atoms with Crippen LogP contribution in [0, 0.1) is 0 Å². The second kappa shape index (κ2) is 10.5. The highest BCUT2D eigenvalue weighted by molar-refractivity contribution is 9.10. The van der Waals surface area contributed by atoms with E-state index in [4.69, 9.17) is 4.74 Å². The van der Waals surface area contributed by atoms with Gasteiger partial charge in [-0.05, 0) is 55.0 Å². The second-order valence-corrected chi connectivity index (χ2v) is 10.3. The van der Waals surface area contributed by atoms with Crippen molar-refractivity contribution in [3.8, 4) is 5.75 Å². The Kier molecular flexibility index (Phi) is 7.06. The van der Waals surface area contributed by atoms with Gasteiger partial charge in [0, 0.05) is 14.9 Å². The van der Waals surface area contributed by atoms with E-state index in [1.807, 2.05) is 48.5 Å². The van der Waals surface area contributed by atoms with Crippen LogP contribution in [0.4, 0.5) is 0 Å². The molecule has 0 bridgehead atoms. The van der Waals surface area contributed by atoms with Crippen LogP contribution in [-0.4, -0.2) is 21.7 Å². The molecule has 5 rings (SSSR count). The first-order valence-corrected chi connectivity index (χ1v) is 13.0. The largest absolute Gasteiger partial charge is 0.488 e. The third-order valence-electron chi connectivity index (χ3n) is 5.86. The lowest BCUT2D eigenvalue weighted by Crippen LogP contribution is -2.30. The van der Waals surface area contributed by atoms with Gasteiger partial charge >= 0.3 is 0 Å². The van der Waals surface area contributed by atoms with Crippen molar-refractivity contribution < 1.29 is 9.53 Å². The first kappa shape index (κ1) is 23.4. The number of benzene rings is 2. The number of nitrogens with one attached hydrogen (secondary N) is 1. The van der Waals surface area contributed by atoms with E-state index >= 15 is 0 Å². The van der Waals surface area contributed by atoms with E-state index < -0.39 is 5.91 Å². The second-order valence-electron chi connectivity index (χ2n) is 8.32. The molecular formula is C26H23BrN4O3S. The van der Waals surface area contributed by atoms with Gasteiger partial charge in [0.1, 0.15) is 23.7 Å². The van der Waals surface area contributed by atoms with Crippen molar-refractivity contribution in [3.05, 3.63) is 91.3 Å². The number of carbonyl (C=O) groups excluding carboxylic acids is 1. The molecule has 2 aromatic heterocycles. The van der Waals surface area contributed by atoms with E-state index in [0.29, 0.717) is 23.3 Å². The number of amides is 1. The number of nitrogens with zero attached hydrogens (tertiary/aromatic N) is 3. The first-order chi connectivity index (χ1) is 17.1. The molecule has 178 valence electrons. The number of hydrazone groups is 1. The topological polar surface area (TPSA) is 85.6 Å². The molecule has 1 aliphatic carbocycles. The standard InChI is InChI=1S/C26H23BrN4O3S/c27-19-10-11-21(34-15-17-6-2-1-3-7-17)18(12-19)13-29-30-23(32)14-31-16-28-25-24(26(31)33)20-8-4-5-9-22(20)35-25/h1-3,6-7,10-13,16H,4-5,8-9,14-15H2,(H,30,32)/b29-13+. The van der Waals surface area contributed by atoms with Crippen LogP contribution in [-0.2, 0) is 30.8 Å². The summed E-state index contributed by atoms with van der Waals surface area (Å²) >= 11 is 5.05. The summed E-state index contributed by atoms with van der Waals surface area (Å²) in [5.41, 5.74) is 5.21. The normalized spacial score (nSPS) is 13.2. The van der Waals surface area contributed by atoms with Gasteiger partial charge in [-0.2, -0.15) is 5.10 Å². The lowest BCUT2D eigenvalue weighted by atomic mass is 9.97. The molecule has 1 N–H and O–H groups in total. The Labute approximate surface area is 214 Å². The van der Waals surface area contributed by atoms with Gasteiger partial charge < -0.3 is 4.74 Å². The highest BCUT2D eigenvalue weighted by atomic mass is 79.9. The molecule has 2 aromatic carbocycles. The highest BCUT2D eigenvalue weighted by Crippen LogP contribution is 2.33. The highest BCUT2D eigenvalue weighted by Gasteiger charge is 2.20. The Morgan fingerprint density at radius 2 is 2.03 bits per heavy atom. The number of hydrogen-bond acceptors (Lipinski definition) is 6. The molecule has 9 heteroatoms. The van der Waals surface area contributed by atoms with Crippen molar-refractivity contribution in [1.29, 1.82) is 0 Å². The third-order valence-corrected chi connectivity index (χ3v) is 7.55. The lowest BCUT2D eigenvalue weighted by molar-refractivity contribution is -0.121. The van der Waals surface area contributed by atoms with E-state index in [1.165, 1.54) is 22.0 Å². The number of ether oxygens (including phenoxy) is 1. The number of rotatable bonds is 7. The van der Waals surface area contributed by atoms with Gasteiger partial charge in [0.25, 0.3) is 11.5 Å². The maximum absolute atomic E-state index is 13.1. The molecule has 0 fully saturated rings. The fourth-order valence-corrected chi connectivity index (χ4v) is 5.74. The van der Waals surface area contributed by atoms with Crippen molar-refractivity contribution in [2.24, 2.45) is 5.10 Å². The summed E-state index contributed by atoms with van der Waals surface area (Å²) in [6.07, 6.45) is 7.09. The van der Waals surface area contributed by atoms with Crippen LogP contribution in [0.15, 0.2) is 69.2 Å². The van der Waals surface area contributed by atoms with Crippen molar-refractivity contribution >= 4 is 49.6 Å². The number of aryl methyl sites for hydroxylation is 2. The molecular weight excluding hydrogens is 528 g/mol. The van der Waals surface area contributed by atoms with Gasteiger partial charge in [0.05, 0.1) is 17.9 Å². The molecule has 1 aliphatic rings. The summed E-state index contributed by atoms with van der Waals surface area (Å²) in [6.45, 7) is 0.264. The van der Waals surface area contributed by atoms with Gasteiger partial charge in [0.15, 0.2) is 0 Å². The minimum atomic E-state index is -0.407. The van der Waals surface area contributed by atoms with Crippen LogP contribution in [0.3, 0.4) is 0 Å². The molecule has 0 unspecified atom stereocenters. The SMILES string of the molecule is O=C(Cn1cnc2sc3c(c2c1=O)CCCC3)N/N=C/c1cc(Br)ccc1OCc1ccccc1. The zero-order valence-corrected chi connectivity index (χ0v) is 21.3. The summed E-state index contributed by atoms with van der Waals surface area (Å²) in [5, 5.41) is 4.75. The van der Waals surface area contributed by atoms with Gasteiger partial charge in [0.2, 0.25) is 0 Å². The molecule has 0 saturated heterocycles. The summed E-state index contributed by atoms with van der Waals surface area (Å²) in [4.78, 5) is 32.0. The number of hydrogen-bond donors (Lipinski definition) is 1. The van der Waals surface area contributed by atoms with Crippen LogP contribution in [0.5, 0.6) is 5.75 Å². The van der Waals surface area contributed by atoms with Gasteiger partial charge in [-0.15, -0.1) is 11.3 Å². The summed E-state index contributed by atoms with van der Waals surface area (Å²) in [5.74, 6) is 0.235. The van der Waals surface area contributed by atoms with Crippen molar-refractivity contribution in [1.82, 2.24) is 15.0 Å². The average molecular weight is 551 g/mol. The maximum Gasteiger partial charge on any atom is 0.262 e. The predicted octanol–water partition coefficient (Wildman–Crippen LogP) is 4.83. The quantitative estimate of drug-likeness (QED) is 0.264. The van der Waals surface area contributed by atoms with Crippen LogP contribution in [0.2, 0.25) is 0 Å². The molecule has 7 nitrogen and oxygen atoms in total. The van der Waals surface area contributed by atoms with Gasteiger partial charge in [-0.1, -0.05) is 46.3 Å². The minimum Gasteiger partial charge on any atom is -0.488 e. The molecule has 2 heterocycles. The lowest BCUT2D eigenvalue weighted by Gasteiger charge is -2.10. The zero-order valence-electron chi connectivity index (χ0n) is 18.9. The Morgan fingerprint density at radius 1 is 1.20 bits per heavy atom. The number of fused-ring (bicyclic) bond motifs is 3. The van der Waals surface area contributed by atoms with Crippen LogP contribution in [0.25, 0.3) is 10.2 Å². The zero-order chi connectivity index (χ0) is 24.2. The molecule has 35 heavy (non-hydrogen) atoms. The van der Waals surface area contributed by atoms with Crippen molar-refractivity contribution in [2.75, 3.05) is 0 Å². The van der Waals surface area contributed by atoms with Gasteiger partial charge in [-0.3, -0.25) is 14.2 Å². The Hall–Kier alpha value is -3.30. The Bertz CT molecular complexity index is 1460. The number of carbonyl (C=O) groups is 1. The van der Waals surface area contributed by atoms with Crippen molar-refractivity contribution in [2.45, 2.75) is 38.8 Å². The van der Waals surface area contributed by atoms with E-state index in [1.54, 1.807) is 11.3 Å². The summed E-state index contributed by atoms with van der Waals surface area (Å²) in [6, 6.07) is 15.5. The van der Waals surface area contributed by atoms with Crippen LogP contribution >= 0.6 is 27.3 Å². The van der Waals surface area contributed by atoms with E-state index in [9.17, 15) is 9.59 Å². The fraction of sp³-hybridized carbons (Fsp3) is 0.231. The van der Waals surface area contributed by atoms with Crippen LogP contribution < -0.4 is 15.7 Å². The number of halogens is 1. The van der Waals surface area contributed by atoms with E-state index in [2.05, 4.69) is 31.4 Å². The number of thiophene rings is 1. The first-order valence-electron chi connectivity index (χ1n) is 11.4. The Balaban J connectivity index is 1.27. The van der Waals surface area contributed by atoms with E-state index in [0.717, 1.165) is 46.1 Å². The smallest absolute Gasteiger partial charge is 0.262 e. The maximum atomic E-state index is 13.1. The molecule has 0 atom stereocenters. The monoisotopic (exact) mass is 550 g/mol. The predicted molar refractivity (Wildman–Crippen MR) is 141 cm³/mol. The molecule has 0 radical (unpaired) electrons. The third kappa shape index (κ3) is 5.36. The molecule has 0 aliphatic heterocycles. The molecule has 0 saturated carbocycles. The number of aromatic nitrogens is 2. The summed E-state index contributed by atoms with van der Waals surface area (Å²) in [7, 11) is 0. The summed E-state index contributed by atoms with van der Waals surface area (Å²) < 4.78 is 8.16.